The molecule has 0 saturated carbocycles. The number of nitrogens with one attached hydrogen (secondary N) is 2. The highest BCUT2D eigenvalue weighted by Crippen LogP contribution is 2.22. The van der Waals surface area contributed by atoms with Crippen molar-refractivity contribution in [2.24, 2.45) is 4.99 Å². The van der Waals surface area contributed by atoms with Gasteiger partial charge < -0.3 is 5.32 Å². The van der Waals surface area contributed by atoms with Gasteiger partial charge in [-0.05, 0) is 43.2 Å². The van der Waals surface area contributed by atoms with E-state index in [4.69, 9.17) is 11.6 Å². The number of carbonyl (C=O) groups excluding carboxylic acids is 1. The van der Waals surface area contributed by atoms with Crippen molar-refractivity contribution in [2.45, 2.75) is 24.3 Å². The van der Waals surface area contributed by atoms with Crippen LogP contribution in [0.4, 0.5) is 0 Å². The Morgan fingerprint density at radius 1 is 1.19 bits per heavy atom. The molecule has 1 atom stereocenters. The molecule has 2 N–H and O–H groups in total. The van der Waals surface area contributed by atoms with E-state index >= 15 is 0 Å². The molecule has 2 aromatic carbocycles. The standard InChI is InChI=1S/C18H18ClN3O3S/c1-12(18(23)20-11-10-13-6-8-14(19)9-7-13)21-17-15-4-2-3-5-16(15)26(24,25)22-17/h2-9,12H,10-11H2,1H3,(H,20,23)(H,21,22)/t12-/m0/s1. The van der Waals surface area contributed by atoms with Crippen LogP contribution in [0.25, 0.3) is 0 Å². The molecule has 2 aromatic rings. The van der Waals surface area contributed by atoms with E-state index < -0.39 is 16.1 Å². The molecule has 0 radical (unpaired) electrons. The van der Waals surface area contributed by atoms with Gasteiger partial charge in [-0.2, -0.15) is 0 Å². The Bertz CT molecular complexity index is 956. The first-order valence-electron chi connectivity index (χ1n) is 8.09. The second kappa shape index (κ2) is 7.47. The Hall–Kier alpha value is -2.38. The molecule has 1 aliphatic rings. The lowest BCUT2D eigenvalue weighted by Gasteiger charge is -2.10. The van der Waals surface area contributed by atoms with Gasteiger partial charge >= 0.3 is 0 Å². The van der Waals surface area contributed by atoms with Gasteiger partial charge in [-0.25, -0.2) is 8.42 Å². The molecule has 26 heavy (non-hydrogen) atoms. The molecular weight excluding hydrogens is 374 g/mol. The fourth-order valence-electron chi connectivity index (χ4n) is 2.61. The quantitative estimate of drug-likeness (QED) is 0.818. The van der Waals surface area contributed by atoms with E-state index in [1.165, 1.54) is 6.07 Å². The number of aliphatic imine (C=N–C) groups is 1. The fraction of sp³-hybridized carbons (Fsp3) is 0.222. The monoisotopic (exact) mass is 391 g/mol. The van der Waals surface area contributed by atoms with E-state index in [1.807, 2.05) is 12.1 Å². The van der Waals surface area contributed by atoms with Crippen molar-refractivity contribution >= 4 is 33.4 Å². The first-order valence-corrected chi connectivity index (χ1v) is 9.95. The normalized spacial score (nSPS) is 17.4. The number of sulfonamides is 1. The highest BCUT2D eigenvalue weighted by atomic mass is 35.5. The zero-order valence-electron chi connectivity index (χ0n) is 14.1. The minimum Gasteiger partial charge on any atom is -0.354 e. The van der Waals surface area contributed by atoms with Crippen LogP contribution in [0.3, 0.4) is 0 Å². The van der Waals surface area contributed by atoms with E-state index in [-0.39, 0.29) is 16.6 Å². The summed E-state index contributed by atoms with van der Waals surface area (Å²) in [6, 6.07) is 13.2. The van der Waals surface area contributed by atoms with Gasteiger partial charge in [0, 0.05) is 17.1 Å². The zero-order chi connectivity index (χ0) is 18.7. The van der Waals surface area contributed by atoms with E-state index in [0.717, 1.165) is 5.56 Å². The van der Waals surface area contributed by atoms with Crippen LogP contribution in [0.1, 0.15) is 18.1 Å². The van der Waals surface area contributed by atoms with Crippen LogP contribution < -0.4 is 10.0 Å². The van der Waals surface area contributed by atoms with Gasteiger partial charge in [0.15, 0.2) is 0 Å². The van der Waals surface area contributed by atoms with E-state index in [0.29, 0.717) is 23.6 Å². The second-order valence-corrected chi connectivity index (χ2v) is 8.01. The lowest BCUT2D eigenvalue weighted by molar-refractivity contribution is -0.121. The molecule has 0 fully saturated rings. The molecule has 1 amide bonds. The average molecular weight is 392 g/mol. The first kappa shape index (κ1) is 18.4. The number of hydrogen-bond acceptors (Lipinski definition) is 4. The number of hydrogen-bond donors (Lipinski definition) is 2. The van der Waals surface area contributed by atoms with Crippen LogP contribution in [-0.4, -0.2) is 32.7 Å². The smallest absolute Gasteiger partial charge is 0.263 e. The minimum absolute atomic E-state index is 0.175. The van der Waals surface area contributed by atoms with Gasteiger partial charge in [-0.15, -0.1) is 0 Å². The third-order valence-corrected chi connectivity index (χ3v) is 5.64. The maximum atomic E-state index is 12.2. The molecule has 0 aromatic heterocycles. The largest absolute Gasteiger partial charge is 0.354 e. The average Bonchev–Trinajstić information content (AvgIpc) is 2.87. The summed E-state index contributed by atoms with van der Waals surface area (Å²) in [5, 5.41) is 3.48. The Balaban J connectivity index is 1.62. The van der Waals surface area contributed by atoms with Crippen molar-refractivity contribution in [3.63, 3.8) is 0 Å². The number of amides is 1. The minimum atomic E-state index is -3.61. The van der Waals surface area contributed by atoms with Gasteiger partial charge in [-0.1, -0.05) is 35.9 Å². The molecule has 1 heterocycles. The van der Waals surface area contributed by atoms with Crippen LogP contribution in [-0.2, 0) is 21.2 Å². The lowest BCUT2D eigenvalue weighted by atomic mass is 10.1. The van der Waals surface area contributed by atoms with Crippen LogP contribution in [0, 0.1) is 0 Å². The number of amidine groups is 1. The van der Waals surface area contributed by atoms with Gasteiger partial charge in [0.2, 0.25) is 5.91 Å². The summed E-state index contributed by atoms with van der Waals surface area (Å²) in [7, 11) is -3.61. The Morgan fingerprint density at radius 3 is 2.62 bits per heavy atom. The molecule has 1 aliphatic heterocycles. The first-order chi connectivity index (χ1) is 12.4. The fourth-order valence-corrected chi connectivity index (χ4v) is 3.98. The number of carbonyl (C=O) groups is 1. The topological polar surface area (TPSA) is 87.6 Å². The van der Waals surface area contributed by atoms with E-state index in [9.17, 15) is 13.2 Å². The molecule has 0 unspecified atom stereocenters. The Kier molecular flexibility index (Phi) is 5.29. The van der Waals surface area contributed by atoms with Gasteiger partial charge in [0.05, 0.1) is 4.90 Å². The van der Waals surface area contributed by atoms with Crippen molar-refractivity contribution in [1.82, 2.24) is 10.0 Å². The Morgan fingerprint density at radius 2 is 1.88 bits per heavy atom. The molecule has 8 heteroatoms. The van der Waals surface area contributed by atoms with Crippen molar-refractivity contribution in [3.8, 4) is 0 Å². The van der Waals surface area contributed by atoms with Crippen LogP contribution in [0.5, 0.6) is 0 Å². The van der Waals surface area contributed by atoms with Crippen LogP contribution in [0.15, 0.2) is 58.4 Å². The van der Waals surface area contributed by atoms with Crippen molar-refractivity contribution in [2.75, 3.05) is 6.54 Å². The summed E-state index contributed by atoms with van der Waals surface area (Å²) in [6.45, 7) is 2.08. The van der Waals surface area contributed by atoms with Crippen molar-refractivity contribution in [1.29, 1.82) is 0 Å². The third kappa shape index (κ3) is 4.05. The molecule has 136 valence electrons. The lowest BCUT2D eigenvalue weighted by Crippen LogP contribution is -2.35. The SMILES string of the molecule is C[C@H](N=C1NS(=O)(=O)c2ccccc21)C(=O)NCCc1ccc(Cl)cc1. The van der Waals surface area contributed by atoms with Crippen molar-refractivity contribution < 1.29 is 13.2 Å². The predicted octanol–water partition coefficient (Wildman–Crippen LogP) is 2.13. The Labute approximate surface area is 157 Å². The number of nitrogens with zero attached hydrogens (tertiary/aromatic N) is 1. The molecule has 6 nitrogen and oxygen atoms in total. The van der Waals surface area contributed by atoms with Crippen LogP contribution in [0.2, 0.25) is 5.02 Å². The number of fused-ring (bicyclic) bond motifs is 1. The second-order valence-electron chi connectivity index (χ2n) is 5.92. The van der Waals surface area contributed by atoms with Gasteiger partial charge in [-0.3, -0.25) is 14.5 Å². The number of benzene rings is 2. The summed E-state index contributed by atoms with van der Waals surface area (Å²) in [5.41, 5.74) is 1.54. The van der Waals surface area contributed by atoms with E-state index in [1.54, 1.807) is 37.3 Å². The molecular formula is C18H18ClN3O3S. The highest BCUT2D eigenvalue weighted by molar-refractivity contribution is 7.90. The summed E-state index contributed by atoms with van der Waals surface area (Å²) in [6.07, 6.45) is 0.668. The summed E-state index contributed by atoms with van der Waals surface area (Å²) in [4.78, 5) is 16.7. The van der Waals surface area contributed by atoms with Gasteiger partial charge in [0.25, 0.3) is 10.0 Å². The predicted molar refractivity (Wildman–Crippen MR) is 101 cm³/mol. The molecule has 0 spiro atoms. The molecule has 0 aliphatic carbocycles. The van der Waals surface area contributed by atoms with E-state index in [2.05, 4.69) is 15.0 Å². The number of halogens is 1. The zero-order valence-corrected chi connectivity index (χ0v) is 15.6. The maximum absolute atomic E-state index is 12.2. The number of rotatable bonds is 5. The van der Waals surface area contributed by atoms with Crippen molar-refractivity contribution in [3.05, 3.63) is 64.7 Å². The molecule has 3 rings (SSSR count). The molecule has 0 saturated heterocycles. The van der Waals surface area contributed by atoms with Gasteiger partial charge in [0.1, 0.15) is 11.9 Å². The maximum Gasteiger partial charge on any atom is 0.263 e. The van der Waals surface area contributed by atoms with Crippen LogP contribution >= 0.6 is 11.6 Å². The highest BCUT2D eigenvalue weighted by Gasteiger charge is 2.31. The summed E-state index contributed by atoms with van der Waals surface area (Å²) >= 11 is 5.84. The summed E-state index contributed by atoms with van der Waals surface area (Å²) in [5.74, 6) is -0.0732. The molecule has 0 bridgehead atoms. The third-order valence-electron chi connectivity index (χ3n) is 3.99. The summed E-state index contributed by atoms with van der Waals surface area (Å²) < 4.78 is 26.5.